The van der Waals surface area contributed by atoms with E-state index in [1.54, 1.807) is 0 Å². The van der Waals surface area contributed by atoms with Crippen molar-refractivity contribution >= 4 is 28.1 Å². The van der Waals surface area contributed by atoms with Gasteiger partial charge in [-0.3, -0.25) is 0 Å². The van der Waals surface area contributed by atoms with Crippen molar-refractivity contribution in [3.05, 3.63) is 0 Å². The number of unbranched alkanes of at least 4 members (excludes halogenated alkanes) is 1. The molecular weight excluding hydrogens is 214 g/mol. The Balaban J connectivity index is 3.62. The summed E-state index contributed by atoms with van der Waals surface area (Å²) in [4.78, 5) is 0. The van der Waals surface area contributed by atoms with Crippen molar-refractivity contribution < 1.29 is 8.23 Å². The molecule has 0 aromatic heterocycles. The lowest BCUT2D eigenvalue weighted by Crippen LogP contribution is -2.39. The van der Waals surface area contributed by atoms with Crippen LogP contribution in [0.3, 0.4) is 0 Å². The molecular formula is C7H19NO2Si3. The minimum Gasteiger partial charge on any atom is -0.445 e. The van der Waals surface area contributed by atoms with Gasteiger partial charge in [0.2, 0.25) is 0 Å². The molecule has 3 nitrogen and oxygen atoms in total. The van der Waals surface area contributed by atoms with E-state index in [4.69, 9.17) is 13.5 Å². The van der Waals surface area contributed by atoms with Crippen molar-refractivity contribution in [1.82, 2.24) is 0 Å². The lowest BCUT2D eigenvalue weighted by atomic mass is 10.4. The summed E-state index contributed by atoms with van der Waals surface area (Å²) in [6.45, 7) is 6.37. The van der Waals surface area contributed by atoms with Crippen LogP contribution in [0.1, 0.15) is 12.8 Å². The predicted octanol–water partition coefficient (Wildman–Crippen LogP) is 0.659. The molecule has 0 aromatic rings. The van der Waals surface area contributed by atoms with Crippen molar-refractivity contribution in [1.29, 1.82) is 5.26 Å². The molecule has 0 aliphatic rings. The summed E-state index contributed by atoms with van der Waals surface area (Å²) in [5, 5.41) is 8.37. The highest BCUT2D eigenvalue weighted by atomic mass is 28.4. The third kappa shape index (κ3) is 7.16. The fourth-order valence-electron chi connectivity index (χ4n) is 1.06. The van der Waals surface area contributed by atoms with Crippen LogP contribution in [0.5, 0.6) is 0 Å². The van der Waals surface area contributed by atoms with Gasteiger partial charge in [0.15, 0.2) is 9.04 Å². The van der Waals surface area contributed by atoms with Crippen LogP contribution < -0.4 is 0 Å². The van der Waals surface area contributed by atoms with Gasteiger partial charge in [-0.15, -0.1) is 0 Å². The Hall–Kier alpha value is 0.0606. The van der Waals surface area contributed by atoms with Crippen molar-refractivity contribution in [3.63, 3.8) is 0 Å². The Labute approximate surface area is 86.6 Å². The maximum atomic E-state index is 8.37. The van der Waals surface area contributed by atoms with Gasteiger partial charge in [-0.05, 0) is 32.1 Å². The highest BCUT2D eigenvalue weighted by molar-refractivity contribution is 6.75. The quantitative estimate of drug-likeness (QED) is 0.500. The third-order valence-corrected chi connectivity index (χ3v) is 10.9. The summed E-state index contributed by atoms with van der Waals surface area (Å²) in [5.41, 5.74) is 0. The largest absolute Gasteiger partial charge is 0.445 e. The molecule has 0 saturated heterocycles. The minimum atomic E-state index is -1.76. The van der Waals surface area contributed by atoms with Crippen molar-refractivity contribution in [2.45, 2.75) is 38.5 Å². The van der Waals surface area contributed by atoms with E-state index in [9.17, 15) is 0 Å². The molecule has 6 heteroatoms. The molecule has 0 N–H and O–H groups in total. The molecule has 0 spiro atoms. The Morgan fingerprint density at radius 2 is 2.15 bits per heavy atom. The average Bonchev–Trinajstić information content (AvgIpc) is 2.04. The SMILES string of the molecule is C[SiH](CCCC#N)O[Si](C)(C)O[SiH3]. The molecule has 0 saturated carbocycles. The first kappa shape index (κ1) is 13.1. The standard InChI is InChI=1S/C7H19NO2Si3/c1-12(7-5-4-6-8)10-13(2,3)9-11/h12H,4-5,7H2,1-3,11H3. The molecule has 0 aliphatic carbocycles. The van der Waals surface area contributed by atoms with E-state index >= 15 is 0 Å². The molecule has 13 heavy (non-hydrogen) atoms. The fraction of sp³-hybridized carbons (Fsp3) is 0.857. The zero-order valence-electron chi connectivity index (χ0n) is 8.96. The lowest BCUT2D eigenvalue weighted by molar-refractivity contribution is 0.425. The Morgan fingerprint density at radius 3 is 2.62 bits per heavy atom. The van der Waals surface area contributed by atoms with Gasteiger partial charge in [0.05, 0.1) is 6.07 Å². The van der Waals surface area contributed by atoms with E-state index in [0.717, 1.165) is 23.0 Å². The second kappa shape index (κ2) is 6.50. The summed E-state index contributed by atoms with van der Waals surface area (Å²) in [6.07, 6.45) is 1.64. The maximum absolute atomic E-state index is 8.37. The molecule has 0 radical (unpaired) electrons. The van der Waals surface area contributed by atoms with E-state index in [0.29, 0.717) is 6.42 Å². The zero-order valence-corrected chi connectivity index (χ0v) is 13.1. The molecule has 0 heterocycles. The Bertz CT molecular complexity index is 181. The lowest BCUT2D eigenvalue weighted by Gasteiger charge is -2.25. The first-order valence-electron chi connectivity index (χ1n) is 4.61. The molecule has 0 aliphatic heterocycles. The van der Waals surface area contributed by atoms with Gasteiger partial charge in [0, 0.05) is 6.42 Å². The molecule has 0 aromatic carbocycles. The molecule has 0 bridgehead atoms. The summed E-state index contributed by atoms with van der Waals surface area (Å²) in [6, 6.07) is 3.25. The van der Waals surface area contributed by atoms with E-state index in [2.05, 4.69) is 25.7 Å². The number of nitrogens with zero attached hydrogens (tertiary/aromatic N) is 1. The Kier molecular flexibility index (Phi) is 6.54. The van der Waals surface area contributed by atoms with E-state index < -0.39 is 17.6 Å². The van der Waals surface area contributed by atoms with E-state index in [1.165, 1.54) is 0 Å². The van der Waals surface area contributed by atoms with Crippen LogP contribution in [0.2, 0.25) is 25.7 Å². The van der Waals surface area contributed by atoms with Gasteiger partial charge in [-0.25, -0.2) is 0 Å². The predicted molar refractivity (Wildman–Crippen MR) is 62.3 cm³/mol. The van der Waals surface area contributed by atoms with Crippen molar-refractivity contribution in [2.75, 3.05) is 0 Å². The highest BCUT2D eigenvalue weighted by Crippen LogP contribution is 2.10. The minimum absolute atomic E-state index is 0.657. The molecule has 0 fully saturated rings. The third-order valence-electron chi connectivity index (χ3n) is 1.88. The Morgan fingerprint density at radius 1 is 1.54 bits per heavy atom. The van der Waals surface area contributed by atoms with Crippen molar-refractivity contribution in [3.8, 4) is 6.07 Å². The molecule has 0 rings (SSSR count). The van der Waals surface area contributed by atoms with Crippen LogP contribution in [0.4, 0.5) is 0 Å². The summed E-state index contributed by atoms with van der Waals surface area (Å²) in [7, 11) is -2.06. The summed E-state index contributed by atoms with van der Waals surface area (Å²) < 4.78 is 11.4. The number of nitriles is 1. The first-order chi connectivity index (χ1) is 6.02. The van der Waals surface area contributed by atoms with Crippen LogP contribution in [0, 0.1) is 11.3 Å². The molecule has 1 atom stereocenters. The first-order valence-corrected chi connectivity index (χ1v) is 10.7. The van der Waals surface area contributed by atoms with Crippen LogP contribution in [0.25, 0.3) is 0 Å². The summed E-state index contributed by atoms with van der Waals surface area (Å²) in [5.74, 6) is 0. The van der Waals surface area contributed by atoms with Gasteiger partial charge in [0.1, 0.15) is 10.5 Å². The molecule has 1 unspecified atom stereocenters. The highest BCUT2D eigenvalue weighted by Gasteiger charge is 2.24. The fourth-order valence-corrected chi connectivity index (χ4v) is 7.44. The molecule has 0 amide bonds. The average molecular weight is 233 g/mol. The zero-order chi connectivity index (χ0) is 10.3. The van der Waals surface area contributed by atoms with Crippen LogP contribution in [-0.2, 0) is 8.23 Å². The second-order valence-electron chi connectivity index (χ2n) is 3.58. The van der Waals surface area contributed by atoms with Crippen LogP contribution >= 0.6 is 0 Å². The maximum Gasteiger partial charge on any atom is 0.310 e. The normalized spacial score (nSPS) is 14.0. The van der Waals surface area contributed by atoms with Gasteiger partial charge in [-0.2, -0.15) is 5.26 Å². The topological polar surface area (TPSA) is 42.2 Å². The van der Waals surface area contributed by atoms with E-state index in [-0.39, 0.29) is 0 Å². The van der Waals surface area contributed by atoms with Crippen molar-refractivity contribution in [2.24, 2.45) is 0 Å². The van der Waals surface area contributed by atoms with Crippen LogP contribution in [-0.4, -0.2) is 28.1 Å². The van der Waals surface area contributed by atoms with Gasteiger partial charge in [0.25, 0.3) is 0 Å². The van der Waals surface area contributed by atoms with Crippen LogP contribution in [0.15, 0.2) is 0 Å². The van der Waals surface area contributed by atoms with Gasteiger partial charge < -0.3 is 8.23 Å². The number of hydrogen-bond donors (Lipinski definition) is 0. The second-order valence-corrected chi connectivity index (χ2v) is 11.2. The number of rotatable bonds is 6. The smallest absolute Gasteiger partial charge is 0.310 e. The van der Waals surface area contributed by atoms with E-state index in [1.807, 2.05) is 0 Å². The van der Waals surface area contributed by atoms with Gasteiger partial charge in [-0.1, -0.05) is 0 Å². The monoisotopic (exact) mass is 233 g/mol. The molecule has 76 valence electrons. The summed E-state index contributed by atoms with van der Waals surface area (Å²) >= 11 is 0. The number of hydrogen-bond acceptors (Lipinski definition) is 3. The van der Waals surface area contributed by atoms with Gasteiger partial charge >= 0.3 is 8.56 Å².